The number of nitrogens with two attached hydrogens (primary N) is 1. The highest BCUT2D eigenvalue weighted by atomic mass is 32.1. The number of rotatable bonds is 5. The number of carbonyl (C=O) groups excluding carboxylic acids is 1. The van der Waals surface area contributed by atoms with Crippen molar-refractivity contribution in [1.82, 2.24) is 9.80 Å². The van der Waals surface area contributed by atoms with Gasteiger partial charge in [-0.15, -0.1) is 11.3 Å². The molecule has 144 valence electrons. The lowest BCUT2D eigenvalue weighted by Crippen LogP contribution is -2.46. The molecule has 2 aliphatic rings. The molecule has 2 aromatic rings. The predicted octanol–water partition coefficient (Wildman–Crippen LogP) is 3.47. The fraction of sp³-hybridized carbons (Fsp3) is 0.500. The number of benzene rings is 1. The van der Waals surface area contributed by atoms with E-state index in [-0.39, 0.29) is 18.0 Å². The van der Waals surface area contributed by atoms with Crippen molar-refractivity contribution >= 4 is 17.2 Å². The lowest BCUT2D eigenvalue weighted by atomic mass is 9.89. The minimum absolute atomic E-state index is 0.0895. The van der Waals surface area contributed by atoms with E-state index in [0.29, 0.717) is 18.4 Å². The largest absolute Gasteiger partial charge is 0.333 e. The predicted molar refractivity (Wildman–Crippen MR) is 111 cm³/mol. The van der Waals surface area contributed by atoms with Crippen LogP contribution in [0.5, 0.6) is 0 Å². The maximum Gasteiger partial charge on any atom is 0.240 e. The average molecular weight is 384 g/mol. The second-order valence-electron chi connectivity index (χ2n) is 7.85. The number of carbonyl (C=O) groups is 1. The lowest BCUT2D eigenvalue weighted by Gasteiger charge is -2.31. The van der Waals surface area contributed by atoms with Crippen molar-refractivity contribution in [2.45, 2.75) is 37.8 Å². The van der Waals surface area contributed by atoms with Crippen LogP contribution in [0.25, 0.3) is 0 Å². The summed E-state index contributed by atoms with van der Waals surface area (Å²) in [4.78, 5) is 19.1. The number of nitrogens with zero attached hydrogens (tertiary/aromatic N) is 2. The molecular weight excluding hydrogens is 354 g/mol. The molecule has 4 atom stereocenters. The van der Waals surface area contributed by atoms with E-state index < -0.39 is 0 Å². The van der Waals surface area contributed by atoms with Gasteiger partial charge in [0.2, 0.25) is 5.91 Å². The molecule has 1 aromatic carbocycles. The van der Waals surface area contributed by atoms with Gasteiger partial charge in [0.1, 0.15) is 0 Å². The number of hydrogen-bond acceptors (Lipinski definition) is 4. The molecule has 4 nitrogen and oxygen atoms in total. The van der Waals surface area contributed by atoms with Gasteiger partial charge in [-0.25, -0.2) is 0 Å². The Morgan fingerprint density at radius 1 is 1.22 bits per heavy atom. The molecule has 1 amide bonds. The average Bonchev–Trinajstić information content (AvgIpc) is 3.47. The zero-order valence-corrected chi connectivity index (χ0v) is 16.8. The Hall–Kier alpha value is -1.69. The Balaban J connectivity index is 1.47. The fourth-order valence-electron chi connectivity index (χ4n) is 4.74. The van der Waals surface area contributed by atoms with E-state index in [1.165, 1.54) is 10.4 Å². The maximum atomic E-state index is 13.3. The molecule has 2 fully saturated rings. The van der Waals surface area contributed by atoms with Crippen LogP contribution in [-0.2, 0) is 4.79 Å². The van der Waals surface area contributed by atoms with Crippen LogP contribution in [0.15, 0.2) is 47.8 Å². The molecule has 5 heteroatoms. The van der Waals surface area contributed by atoms with E-state index >= 15 is 0 Å². The zero-order chi connectivity index (χ0) is 18.8. The van der Waals surface area contributed by atoms with Gasteiger partial charge in [-0.2, -0.15) is 0 Å². The van der Waals surface area contributed by atoms with Crippen LogP contribution in [0.4, 0.5) is 0 Å². The monoisotopic (exact) mass is 383 g/mol. The van der Waals surface area contributed by atoms with Crippen LogP contribution < -0.4 is 5.73 Å². The molecule has 0 radical (unpaired) electrons. The van der Waals surface area contributed by atoms with Crippen molar-refractivity contribution in [2.75, 3.05) is 26.2 Å². The minimum Gasteiger partial charge on any atom is -0.333 e. The van der Waals surface area contributed by atoms with Crippen molar-refractivity contribution in [3.8, 4) is 0 Å². The van der Waals surface area contributed by atoms with Crippen LogP contribution in [0.3, 0.4) is 0 Å². The molecule has 2 aliphatic heterocycles. The van der Waals surface area contributed by atoms with Crippen LogP contribution in [0.1, 0.15) is 42.2 Å². The summed E-state index contributed by atoms with van der Waals surface area (Å²) in [5.41, 5.74) is 7.43. The molecule has 27 heavy (non-hydrogen) atoms. The number of hydrogen-bond donors (Lipinski definition) is 1. The Bertz CT molecular complexity index is 748. The van der Waals surface area contributed by atoms with Gasteiger partial charge in [-0.05, 0) is 49.2 Å². The standard InChI is InChI=1S/C22H29N3OS/c1-16(22(26)25-11-5-9-20(25)21-10-6-12-27-21)24-14-18(13-23)19(15-24)17-7-3-2-4-8-17/h2-4,6-8,10,12,16,18-20H,5,9,11,13-15,23H2,1H3/t16?,18-,19+,20?/m1/s1. The molecule has 3 heterocycles. The molecule has 2 unspecified atom stereocenters. The van der Waals surface area contributed by atoms with E-state index in [0.717, 1.165) is 32.5 Å². The second-order valence-corrected chi connectivity index (χ2v) is 8.83. The normalized spacial score (nSPS) is 27.2. The van der Waals surface area contributed by atoms with Crippen molar-refractivity contribution in [3.05, 3.63) is 58.3 Å². The Morgan fingerprint density at radius 2 is 2.04 bits per heavy atom. The summed E-state index contributed by atoms with van der Waals surface area (Å²) >= 11 is 1.76. The van der Waals surface area contributed by atoms with Crippen LogP contribution in [0, 0.1) is 5.92 Å². The van der Waals surface area contributed by atoms with Crippen molar-refractivity contribution in [3.63, 3.8) is 0 Å². The Labute approximate surface area is 166 Å². The number of likely N-dealkylation sites (tertiary alicyclic amines) is 2. The first-order valence-electron chi connectivity index (χ1n) is 10.0. The molecule has 0 bridgehead atoms. The van der Waals surface area contributed by atoms with Crippen LogP contribution in [-0.4, -0.2) is 47.9 Å². The van der Waals surface area contributed by atoms with Crippen molar-refractivity contribution in [2.24, 2.45) is 11.7 Å². The smallest absolute Gasteiger partial charge is 0.240 e. The summed E-state index contributed by atoms with van der Waals surface area (Å²) in [7, 11) is 0. The zero-order valence-electron chi connectivity index (χ0n) is 16.0. The fourth-order valence-corrected chi connectivity index (χ4v) is 5.61. The van der Waals surface area contributed by atoms with Gasteiger partial charge in [-0.1, -0.05) is 36.4 Å². The van der Waals surface area contributed by atoms with E-state index in [1.54, 1.807) is 11.3 Å². The molecule has 4 rings (SSSR count). The van der Waals surface area contributed by atoms with Crippen molar-refractivity contribution in [1.29, 1.82) is 0 Å². The molecule has 1 aromatic heterocycles. The molecule has 0 aliphatic carbocycles. The maximum absolute atomic E-state index is 13.3. The third-order valence-electron chi connectivity index (χ3n) is 6.31. The van der Waals surface area contributed by atoms with Crippen molar-refractivity contribution < 1.29 is 4.79 Å². The summed E-state index contributed by atoms with van der Waals surface area (Å²) < 4.78 is 0. The van der Waals surface area contributed by atoms with Gasteiger partial charge >= 0.3 is 0 Å². The topological polar surface area (TPSA) is 49.6 Å². The molecule has 0 spiro atoms. The van der Waals surface area contributed by atoms with E-state index in [1.807, 2.05) is 0 Å². The third-order valence-corrected chi connectivity index (χ3v) is 7.29. The molecule has 2 N–H and O–H groups in total. The highest BCUT2D eigenvalue weighted by molar-refractivity contribution is 7.10. The summed E-state index contributed by atoms with van der Waals surface area (Å²) in [6.07, 6.45) is 2.18. The molecule has 2 saturated heterocycles. The first-order chi connectivity index (χ1) is 13.2. The highest BCUT2D eigenvalue weighted by Gasteiger charge is 2.40. The van der Waals surface area contributed by atoms with Gasteiger partial charge in [0, 0.05) is 30.4 Å². The van der Waals surface area contributed by atoms with Gasteiger partial charge in [0.05, 0.1) is 12.1 Å². The first kappa shape index (κ1) is 18.7. The van der Waals surface area contributed by atoms with E-state index in [9.17, 15) is 4.79 Å². The summed E-state index contributed by atoms with van der Waals surface area (Å²) in [5, 5.41) is 2.11. The molecular formula is C22H29N3OS. The Kier molecular flexibility index (Phi) is 5.62. The lowest BCUT2D eigenvalue weighted by molar-refractivity contribution is -0.137. The number of amides is 1. The summed E-state index contributed by atoms with van der Waals surface area (Å²) in [6.45, 7) is 5.43. The van der Waals surface area contributed by atoms with Crippen LogP contribution in [0.2, 0.25) is 0 Å². The summed E-state index contributed by atoms with van der Waals surface area (Å²) in [6, 6.07) is 15.0. The SMILES string of the molecule is CC(C(=O)N1CCCC1c1cccs1)N1C[C@@H](CN)[C@H](c2ccccc2)C1. The van der Waals surface area contributed by atoms with Crippen LogP contribution >= 0.6 is 11.3 Å². The quantitative estimate of drug-likeness (QED) is 0.860. The highest BCUT2D eigenvalue weighted by Crippen LogP contribution is 2.37. The summed E-state index contributed by atoms with van der Waals surface area (Å²) in [5.74, 6) is 1.10. The third kappa shape index (κ3) is 3.68. The number of thiophene rings is 1. The van der Waals surface area contributed by atoms with Gasteiger partial charge in [0.25, 0.3) is 0 Å². The second kappa shape index (κ2) is 8.13. The van der Waals surface area contributed by atoms with E-state index in [4.69, 9.17) is 5.73 Å². The minimum atomic E-state index is -0.0895. The Morgan fingerprint density at radius 3 is 2.74 bits per heavy atom. The van der Waals surface area contributed by atoms with Gasteiger partial charge in [0.15, 0.2) is 0 Å². The molecule has 0 saturated carbocycles. The van der Waals surface area contributed by atoms with Gasteiger partial charge < -0.3 is 10.6 Å². The first-order valence-corrected chi connectivity index (χ1v) is 10.9. The van der Waals surface area contributed by atoms with E-state index in [2.05, 4.69) is 64.6 Å². The van der Waals surface area contributed by atoms with Gasteiger partial charge in [-0.3, -0.25) is 9.69 Å².